The van der Waals surface area contributed by atoms with Gasteiger partial charge in [0.1, 0.15) is 5.75 Å². The largest absolute Gasteiger partial charge is 0.485 e. The first kappa shape index (κ1) is 22.3. The zero-order valence-electron chi connectivity index (χ0n) is 16.4. The molecule has 0 saturated heterocycles. The maximum Gasteiger partial charge on any atom is 0.402 e. The van der Waals surface area contributed by atoms with Crippen molar-refractivity contribution in [3.8, 4) is 5.75 Å². The molecule has 0 heterocycles. The van der Waals surface area contributed by atoms with E-state index in [2.05, 4.69) is 0 Å². The van der Waals surface area contributed by atoms with Crippen molar-refractivity contribution in [1.29, 1.82) is 0 Å². The van der Waals surface area contributed by atoms with E-state index in [0.29, 0.717) is 11.1 Å². The summed E-state index contributed by atoms with van der Waals surface area (Å²) in [5, 5.41) is -4.39. The molecule has 0 unspecified atom stereocenters. The van der Waals surface area contributed by atoms with Crippen LogP contribution in [0.15, 0.2) is 87.5 Å². The van der Waals surface area contributed by atoms with Crippen LogP contribution in [-0.4, -0.2) is 24.8 Å². The van der Waals surface area contributed by atoms with Crippen LogP contribution in [0.25, 0.3) is 0 Å². The lowest BCUT2D eigenvalue weighted by molar-refractivity contribution is 0.0283. The molecule has 0 bridgehead atoms. The van der Waals surface area contributed by atoms with Crippen molar-refractivity contribution >= 4 is 21.0 Å². The molecular formula is C22H21F2O4S2+. The molecular weight excluding hydrogens is 430 g/mol. The summed E-state index contributed by atoms with van der Waals surface area (Å²) >= 11 is 0. The molecule has 0 aliphatic carbocycles. The summed E-state index contributed by atoms with van der Waals surface area (Å²) < 4.78 is 62.6. The van der Waals surface area contributed by atoms with Gasteiger partial charge < -0.3 is 4.74 Å². The van der Waals surface area contributed by atoms with Gasteiger partial charge in [0, 0.05) is 12.1 Å². The summed E-state index contributed by atoms with van der Waals surface area (Å²) in [6.45, 7) is 1.97. The third kappa shape index (κ3) is 4.83. The predicted molar refractivity (Wildman–Crippen MR) is 113 cm³/mol. The minimum absolute atomic E-state index is 0.173. The number of rotatable bonds is 7. The molecule has 0 radical (unpaired) electrons. The Morgan fingerprint density at radius 1 is 0.867 bits per heavy atom. The second-order valence-electron chi connectivity index (χ2n) is 6.72. The highest BCUT2D eigenvalue weighted by Gasteiger charge is 2.45. The van der Waals surface area contributed by atoms with Gasteiger partial charge in [-0.25, -0.2) is 0 Å². The van der Waals surface area contributed by atoms with Crippen LogP contribution in [0.4, 0.5) is 8.78 Å². The molecule has 30 heavy (non-hydrogen) atoms. The van der Waals surface area contributed by atoms with Crippen molar-refractivity contribution in [2.24, 2.45) is 0 Å². The molecule has 0 atom stereocenters. The molecule has 1 N–H and O–H groups in total. The van der Waals surface area contributed by atoms with E-state index in [1.54, 1.807) is 13.8 Å². The highest BCUT2D eigenvalue weighted by Crippen LogP contribution is 2.36. The van der Waals surface area contributed by atoms with Crippen molar-refractivity contribution in [3.05, 3.63) is 83.9 Å². The maximum absolute atomic E-state index is 13.6. The molecule has 0 saturated carbocycles. The third-order valence-corrected chi connectivity index (χ3v) is 7.46. The van der Waals surface area contributed by atoms with E-state index in [1.807, 2.05) is 72.8 Å². The van der Waals surface area contributed by atoms with Crippen molar-refractivity contribution in [1.82, 2.24) is 0 Å². The Bertz CT molecular complexity index is 1060. The first-order chi connectivity index (χ1) is 14.1. The summed E-state index contributed by atoms with van der Waals surface area (Å²) in [5.74, 6) is 0.173. The number of hydrogen-bond acceptors (Lipinski definition) is 3. The fourth-order valence-electron chi connectivity index (χ4n) is 3.01. The quantitative estimate of drug-likeness (QED) is 0.393. The summed E-state index contributed by atoms with van der Waals surface area (Å²) in [7, 11) is -5.97. The smallest absolute Gasteiger partial charge is 0.402 e. The Balaban J connectivity index is 2.00. The van der Waals surface area contributed by atoms with Crippen LogP contribution < -0.4 is 4.74 Å². The molecule has 8 heteroatoms. The van der Waals surface area contributed by atoms with Crippen LogP contribution in [-0.2, 0) is 21.0 Å². The minimum atomic E-state index is -5.55. The molecule has 0 aromatic heterocycles. The van der Waals surface area contributed by atoms with Crippen molar-refractivity contribution in [2.75, 3.05) is 6.61 Å². The Morgan fingerprint density at radius 2 is 1.30 bits per heavy atom. The Hall–Kier alpha value is -2.42. The van der Waals surface area contributed by atoms with Gasteiger partial charge in [-0.1, -0.05) is 36.4 Å². The van der Waals surface area contributed by atoms with Crippen LogP contribution >= 0.6 is 0 Å². The van der Waals surface area contributed by atoms with E-state index in [4.69, 9.17) is 9.29 Å². The van der Waals surface area contributed by atoms with Crippen LogP contribution in [0.5, 0.6) is 5.75 Å². The molecule has 3 aromatic rings. The first-order valence-corrected chi connectivity index (χ1v) is 11.7. The van der Waals surface area contributed by atoms with Crippen molar-refractivity contribution in [3.63, 3.8) is 0 Å². The first-order valence-electron chi connectivity index (χ1n) is 9.03. The molecule has 0 amide bonds. The molecule has 3 rings (SSSR count). The molecule has 0 aliphatic heterocycles. The van der Waals surface area contributed by atoms with Gasteiger partial charge in [-0.05, 0) is 49.2 Å². The predicted octanol–water partition coefficient (Wildman–Crippen LogP) is 5.26. The van der Waals surface area contributed by atoms with Gasteiger partial charge in [0.2, 0.25) is 0 Å². The summed E-state index contributed by atoms with van der Waals surface area (Å²) in [4.78, 5) is 3.19. The highest BCUT2D eigenvalue weighted by atomic mass is 32.2. The summed E-state index contributed by atoms with van der Waals surface area (Å²) in [6, 6.07) is 23.6. The normalized spacial score (nSPS) is 12.2. The summed E-state index contributed by atoms with van der Waals surface area (Å²) in [5.41, 5.74) is 1.20. The lowest BCUT2D eigenvalue weighted by Crippen LogP contribution is -2.35. The number of hydrogen-bond donors (Lipinski definition) is 1. The van der Waals surface area contributed by atoms with E-state index < -0.39 is 32.9 Å². The number of ether oxygens (including phenoxy) is 1. The minimum Gasteiger partial charge on any atom is -0.485 e. The molecule has 3 aromatic carbocycles. The second-order valence-corrected chi connectivity index (χ2v) is 10.3. The second kappa shape index (κ2) is 8.75. The Kier molecular flexibility index (Phi) is 6.50. The fraction of sp³-hybridized carbons (Fsp3) is 0.182. The average molecular weight is 452 g/mol. The van der Waals surface area contributed by atoms with Gasteiger partial charge in [0.05, 0.1) is 10.9 Å². The SMILES string of the molecule is Cc1cc([S+](c2ccccc2)c2ccccc2)cc(C)c1OCC(F)(F)S(=O)(=O)O. The lowest BCUT2D eigenvalue weighted by atomic mass is 10.1. The zero-order chi connectivity index (χ0) is 21.9. The highest BCUT2D eigenvalue weighted by molar-refractivity contribution is 7.97. The van der Waals surface area contributed by atoms with Crippen LogP contribution in [0.1, 0.15) is 11.1 Å². The molecule has 0 fully saturated rings. The van der Waals surface area contributed by atoms with Gasteiger partial charge in [-0.2, -0.15) is 17.2 Å². The van der Waals surface area contributed by atoms with Crippen LogP contribution in [0, 0.1) is 13.8 Å². The van der Waals surface area contributed by atoms with Crippen molar-refractivity contribution < 1.29 is 26.5 Å². The van der Waals surface area contributed by atoms with Gasteiger partial charge in [-0.15, -0.1) is 0 Å². The van der Waals surface area contributed by atoms with E-state index in [0.717, 1.165) is 14.7 Å². The zero-order valence-corrected chi connectivity index (χ0v) is 18.0. The van der Waals surface area contributed by atoms with Crippen molar-refractivity contribution in [2.45, 2.75) is 33.8 Å². The number of benzene rings is 3. The third-order valence-electron chi connectivity index (χ3n) is 4.39. The van der Waals surface area contributed by atoms with Gasteiger partial charge in [0.15, 0.2) is 21.3 Å². The standard InChI is InChI=1S/C22H20F2O4S2/c1-16-13-20(14-17(2)21(16)28-15-22(23,24)30(25,26)27)29(18-9-5-3-6-10-18)19-11-7-4-8-12-19/h3-14H,15H2,1-2H3/p+1. The summed E-state index contributed by atoms with van der Waals surface area (Å²) in [6.07, 6.45) is 0. The monoisotopic (exact) mass is 451 g/mol. The van der Waals surface area contributed by atoms with E-state index in [-0.39, 0.29) is 5.75 Å². The number of aryl methyl sites for hydroxylation is 2. The van der Waals surface area contributed by atoms with Gasteiger partial charge in [-0.3, -0.25) is 4.55 Å². The number of alkyl halides is 2. The molecule has 4 nitrogen and oxygen atoms in total. The number of halogens is 2. The van der Waals surface area contributed by atoms with E-state index in [1.165, 1.54) is 0 Å². The van der Waals surface area contributed by atoms with Crippen LogP contribution in [0.2, 0.25) is 0 Å². The average Bonchev–Trinajstić information content (AvgIpc) is 2.68. The molecule has 0 spiro atoms. The Labute approximate surface area is 177 Å². The molecule has 158 valence electrons. The van der Waals surface area contributed by atoms with Gasteiger partial charge in [0.25, 0.3) is 0 Å². The van der Waals surface area contributed by atoms with Gasteiger partial charge >= 0.3 is 15.4 Å². The van der Waals surface area contributed by atoms with E-state index >= 15 is 0 Å². The lowest BCUT2D eigenvalue weighted by Gasteiger charge is -2.18. The maximum atomic E-state index is 13.6. The fourth-order valence-corrected chi connectivity index (χ4v) is 5.48. The topological polar surface area (TPSA) is 63.6 Å². The Morgan fingerprint density at radius 3 is 1.70 bits per heavy atom. The van der Waals surface area contributed by atoms with E-state index in [9.17, 15) is 17.2 Å². The molecule has 0 aliphatic rings. The van der Waals surface area contributed by atoms with Crippen LogP contribution in [0.3, 0.4) is 0 Å².